The minimum atomic E-state index is 0.546. The van der Waals surface area contributed by atoms with Gasteiger partial charge in [0.05, 0.1) is 11.0 Å². The van der Waals surface area contributed by atoms with Crippen molar-refractivity contribution in [1.29, 1.82) is 0 Å². The molecule has 4 heterocycles. The average molecular weight is 796 g/mol. The fourth-order valence-electron chi connectivity index (χ4n) is 8.40. The van der Waals surface area contributed by atoms with E-state index in [0.717, 1.165) is 77.4 Å². The van der Waals surface area contributed by atoms with Crippen LogP contribution < -0.4 is 0 Å². The lowest BCUT2D eigenvalue weighted by molar-refractivity contribution is 0.669. The minimum Gasteiger partial charge on any atom is -0.456 e. The number of benzene rings is 8. The van der Waals surface area contributed by atoms with Crippen molar-refractivity contribution in [2.24, 2.45) is 0 Å². The number of para-hydroxylation sites is 2. The zero-order chi connectivity index (χ0) is 41.0. The fourth-order valence-corrected chi connectivity index (χ4v) is 8.40. The highest BCUT2D eigenvalue weighted by Crippen LogP contribution is 2.39. The SMILES string of the molecule is c1ccc(-c2nc(-c3ccc4oc5cccc(-c6nc(-c7ccccc7)nc(-c7ccccc7)n6)c5c4c3)nc(-c3ccc4c5ccccc5n(-c5ccccc5)c4c3)n2)cc1. The van der Waals surface area contributed by atoms with Crippen molar-refractivity contribution in [3.63, 3.8) is 0 Å². The van der Waals surface area contributed by atoms with E-state index in [1.165, 1.54) is 5.39 Å². The second-order valence-corrected chi connectivity index (χ2v) is 15.1. The van der Waals surface area contributed by atoms with Crippen LogP contribution in [0.2, 0.25) is 0 Å². The van der Waals surface area contributed by atoms with Crippen molar-refractivity contribution >= 4 is 43.7 Å². The van der Waals surface area contributed by atoms with Gasteiger partial charge in [-0.1, -0.05) is 152 Å². The second kappa shape index (κ2) is 14.6. The fraction of sp³-hybridized carbons (Fsp3) is 0. The first-order chi connectivity index (χ1) is 30.7. The smallest absolute Gasteiger partial charge is 0.164 e. The maximum Gasteiger partial charge on any atom is 0.164 e. The molecular weight excluding hydrogens is 763 g/mol. The van der Waals surface area contributed by atoms with E-state index in [0.29, 0.717) is 34.9 Å². The quantitative estimate of drug-likeness (QED) is 0.158. The van der Waals surface area contributed by atoms with Crippen molar-refractivity contribution in [3.8, 4) is 74.0 Å². The molecule has 8 nitrogen and oxygen atoms in total. The number of fused-ring (bicyclic) bond motifs is 6. The van der Waals surface area contributed by atoms with E-state index >= 15 is 0 Å². The standard InChI is InChI=1S/C54H33N7O/c1-5-16-34(17-6-1)49-56-52(58-53(57-49)38-28-30-41-40-24-13-14-26-44(40)61(45(41)33-38)39-22-11-4-12-23-39)37-29-31-46-43(32-37)48-42(25-15-27-47(48)62-46)54-59-50(35-18-7-2-8-19-35)55-51(60-54)36-20-9-3-10-21-36/h1-33H. The van der Waals surface area contributed by atoms with Crippen LogP contribution in [0.15, 0.2) is 205 Å². The van der Waals surface area contributed by atoms with Gasteiger partial charge < -0.3 is 8.98 Å². The van der Waals surface area contributed by atoms with Gasteiger partial charge in [-0.25, -0.2) is 29.9 Å². The largest absolute Gasteiger partial charge is 0.456 e. The number of nitrogens with zero attached hydrogens (tertiary/aromatic N) is 7. The van der Waals surface area contributed by atoms with Gasteiger partial charge in [0.1, 0.15) is 11.2 Å². The summed E-state index contributed by atoms with van der Waals surface area (Å²) in [5.41, 5.74) is 9.98. The van der Waals surface area contributed by atoms with Crippen molar-refractivity contribution < 1.29 is 4.42 Å². The lowest BCUT2D eigenvalue weighted by Gasteiger charge is -2.10. The van der Waals surface area contributed by atoms with Crippen LogP contribution in [0.25, 0.3) is 118 Å². The van der Waals surface area contributed by atoms with Gasteiger partial charge in [-0.05, 0) is 48.5 Å². The summed E-state index contributed by atoms with van der Waals surface area (Å²) in [6.07, 6.45) is 0. The van der Waals surface area contributed by atoms with Gasteiger partial charge in [-0.15, -0.1) is 0 Å². The van der Waals surface area contributed by atoms with Crippen molar-refractivity contribution in [2.75, 3.05) is 0 Å². The molecule has 0 aliphatic rings. The first-order valence-electron chi connectivity index (χ1n) is 20.5. The first-order valence-corrected chi connectivity index (χ1v) is 20.5. The van der Waals surface area contributed by atoms with E-state index in [9.17, 15) is 0 Å². The molecule has 8 heteroatoms. The highest BCUT2D eigenvalue weighted by molar-refractivity contribution is 6.13. The predicted octanol–water partition coefficient (Wildman–Crippen LogP) is 13.1. The van der Waals surface area contributed by atoms with Gasteiger partial charge in [0.15, 0.2) is 34.9 Å². The van der Waals surface area contributed by atoms with Gasteiger partial charge in [-0.3, -0.25) is 0 Å². The molecule has 0 saturated carbocycles. The molecule has 62 heavy (non-hydrogen) atoms. The summed E-state index contributed by atoms with van der Waals surface area (Å²) in [7, 11) is 0. The van der Waals surface area contributed by atoms with E-state index in [-0.39, 0.29) is 0 Å². The predicted molar refractivity (Wildman–Crippen MR) is 247 cm³/mol. The topological polar surface area (TPSA) is 95.4 Å². The molecule has 290 valence electrons. The first kappa shape index (κ1) is 35.3. The molecule has 12 rings (SSSR count). The molecule has 12 aromatic rings. The van der Waals surface area contributed by atoms with Crippen LogP contribution in [0.4, 0.5) is 0 Å². The zero-order valence-corrected chi connectivity index (χ0v) is 33.1. The molecule has 0 N–H and O–H groups in total. The van der Waals surface area contributed by atoms with Gasteiger partial charge >= 0.3 is 0 Å². The highest BCUT2D eigenvalue weighted by atomic mass is 16.3. The summed E-state index contributed by atoms with van der Waals surface area (Å²) >= 11 is 0. The molecule has 8 aromatic carbocycles. The number of aromatic nitrogens is 7. The number of hydrogen-bond acceptors (Lipinski definition) is 7. The average Bonchev–Trinajstić information content (AvgIpc) is 3.90. The molecule has 0 unspecified atom stereocenters. The Kier molecular flexibility index (Phi) is 8.31. The van der Waals surface area contributed by atoms with E-state index in [2.05, 4.69) is 77.4 Å². The lowest BCUT2D eigenvalue weighted by atomic mass is 10.0. The molecule has 0 spiro atoms. The molecular formula is C54H33N7O. The molecule has 0 amide bonds. The second-order valence-electron chi connectivity index (χ2n) is 15.1. The summed E-state index contributed by atoms with van der Waals surface area (Å²) in [5.74, 6) is 3.43. The Morgan fingerprint density at radius 2 is 0.790 bits per heavy atom. The van der Waals surface area contributed by atoms with Gasteiger partial charge in [0.25, 0.3) is 0 Å². The van der Waals surface area contributed by atoms with E-state index < -0.39 is 0 Å². The number of rotatable bonds is 7. The minimum absolute atomic E-state index is 0.546. The van der Waals surface area contributed by atoms with E-state index in [4.69, 9.17) is 34.3 Å². The third-order valence-electron chi connectivity index (χ3n) is 11.3. The Morgan fingerprint density at radius 1 is 0.306 bits per heavy atom. The van der Waals surface area contributed by atoms with Gasteiger partial charge in [-0.2, -0.15) is 0 Å². The summed E-state index contributed by atoms with van der Waals surface area (Å²) < 4.78 is 8.82. The third kappa shape index (κ3) is 6.09. The summed E-state index contributed by atoms with van der Waals surface area (Å²) in [4.78, 5) is 30.5. The maximum absolute atomic E-state index is 6.51. The molecule has 0 saturated heterocycles. The van der Waals surface area contributed by atoms with Crippen LogP contribution in [0.5, 0.6) is 0 Å². The molecule has 0 atom stereocenters. The Hall–Kier alpha value is -8.62. The summed E-state index contributed by atoms with van der Waals surface area (Å²) in [5, 5.41) is 4.13. The van der Waals surface area contributed by atoms with Crippen LogP contribution in [0.1, 0.15) is 0 Å². The highest BCUT2D eigenvalue weighted by Gasteiger charge is 2.21. The molecule has 4 aromatic heterocycles. The Balaban J connectivity index is 1.04. The molecule has 0 bridgehead atoms. The molecule has 0 aliphatic carbocycles. The Labute approximate surface area is 355 Å². The van der Waals surface area contributed by atoms with Gasteiger partial charge in [0, 0.05) is 60.6 Å². The maximum atomic E-state index is 6.51. The van der Waals surface area contributed by atoms with Crippen LogP contribution in [0.3, 0.4) is 0 Å². The van der Waals surface area contributed by atoms with Crippen molar-refractivity contribution in [1.82, 2.24) is 34.5 Å². The summed E-state index contributed by atoms with van der Waals surface area (Å²) in [6, 6.07) is 67.6. The molecule has 0 fully saturated rings. The number of hydrogen-bond donors (Lipinski definition) is 0. The summed E-state index contributed by atoms with van der Waals surface area (Å²) in [6.45, 7) is 0. The van der Waals surface area contributed by atoms with Gasteiger partial charge in [0.2, 0.25) is 0 Å². The van der Waals surface area contributed by atoms with Crippen LogP contribution >= 0.6 is 0 Å². The number of furan rings is 1. The van der Waals surface area contributed by atoms with E-state index in [1.807, 2.05) is 127 Å². The molecule has 0 aliphatic heterocycles. The van der Waals surface area contributed by atoms with Crippen LogP contribution in [-0.2, 0) is 0 Å². The van der Waals surface area contributed by atoms with E-state index in [1.54, 1.807) is 0 Å². The third-order valence-corrected chi connectivity index (χ3v) is 11.3. The zero-order valence-electron chi connectivity index (χ0n) is 33.1. The van der Waals surface area contributed by atoms with Crippen LogP contribution in [0, 0.1) is 0 Å². The lowest BCUT2D eigenvalue weighted by Crippen LogP contribution is -2.01. The molecule has 0 radical (unpaired) electrons. The normalized spacial score (nSPS) is 11.5. The van der Waals surface area contributed by atoms with Crippen molar-refractivity contribution in [2.45, 2.75) is 0 Å². The van der Waals surface area contributed by atoms with Crippen LogP contribution in [-0.4, -0.2) is 34.5 Å². The van der Waals surface area contributed by atoms with Crippen molar-refractivity contribution in [3.05, 3.63) is 200 Å². The Morgan fingerprint density at radius 3 is 1.40 bits per heavy atom. The Bertz CT molecular complexity index is 3570. The monoisotopic (exact) mass is 795 g/mol.